The van der Waals surface area contributed by atoms with E-state index in [4.69, 9.17) is 14.9 Å². The van der Waals surface area contributed by atoms with Crippen LogP contribution in [-0.4, -0.2) is 53.2 Å². The number of benzene rings is 1. The van der Waals surface area contributed by atoms with E-state index >= 15 is 0 Å². The second-order valence-electron chi connectivity index (χ2n) is 8.32. The second kappa shape index (κ2) is 10.5. The summed E-state index contributed by atoms with van der Waals surface area (Å²) in [5.74, 6) is 0.389. The van der Waals surface area contributed by atoms with Gasteiger partial charge in [0.05, 0.1) is 32.5 Å². The topological polar surface area (TPSA) is 127 Å². The number of nitrogen functional groups attached to an aromatic ring is 1. The molecular weight excluding hydrogens is 438 g/mol. The Morgan fingerprint density at radius 2 is 1.97 bits per heavy atom. The fourth-order valence-corrected chi connectivity index (χ4v) is 3.92. The first-order valence-electron chi connectivity index (χ1n) is 11.2. The molecule has 1 fully saturated rings. The molecule has 1 saturated carbocycles. The molecule has 1 aliphatic rings. The van der Waals surface area contributed by atoms with E-state index in [0.29, 0.717) is 6.54 Å². The number of hydrogen-bond acceptors (Lipinski definition) is 7. The molecule has 0 atom stereocenters. The number of aromatic amines is 1. The molecule has 1 aromatic carbocycles. The Morgan fingerprint density at radius 3 is 2.62 bits per heavy atom. The Kier molecular flexibility index (Phi) is 7.29. The second-order valence-corrected chi connectivity index (χ2v) is 8.32. The van der Waals surface area contributed by atoms with E-state index in [1.165, 1.54) is 16.6 Å². The predicted octanol–water partition coefficient (Wildman–Crippen LogP) is 1.40. The Balaban J connectivity index is 1.64. The molecule has 0 unspecified atom stereocenters. The lowest BCUT2D eigenvalue weighted by molar-refractivity contribution is -0.120. The molecule has 0 saturated heterocycles. The Hall–Kier alpha value is -3.63. The van der Waals surface area contributed by atoms with Crippen LogP contribution in [0, 0.1) is 0 Å². The number of hydrogen-bond donors (Lipinski definition) is 2. The minimum Gasteiger partial charge on any atom is -0.468 e. The SMILES string of the molecule is COCCN(C(=O)CN(Cc1ccco1)C1CC1)c1c(N)n(Cc2ccccc2)c(=O)[nH]c1=O. The summed E-state index contributed by atoms with van der Waals surface area (Å²) in [6.45, 7) is 1.04. The van der Waals surface area contributed by atoms with Gasteiger partial charge >= 0.3 is 5.69 Å². The van der Waals surface area contributed by atoms with Crippen LogP contribution < -0.4 is 21.9 Å². The lowest BCUT2D eigenvalue weighted by Crippen LogP contribution is -2.46. The molecule has 10 heteroatoms. The summed E-state index contributed by atoms with van der Waals surface area (Å²) in [6.07, 6.45) is 3.59. The minimum atomic E-state index is -0.708. The standard InChI is InChI=1S/C24H29N5O5/c1-33-13-11-28(20(30)16-27(18-9-10-18)15-19-8-5-12-34-19)21-22(25)29(24(32)26-23(21)31)14-17-6-3-2-4-7-17/h2-8,12,18H,9-11,13-16,25H2,1H3,(H,26,31,32). The Morgan fingerprint density at radius 1 is 1.21 bits per heavy atom. The van der Waals surface area contributed by atoms with Gasteiger partial charge in [-0.05, 0) is 30.5 Å². The van der Waals surface area contributed by atoms with Crippen LogP contribution in [-0.2, 0) is 22.6 Å². The third-order valence-electron chi connectivity index (χ3n) is 5.83. The Labute approximate surface area is 196 Å². The number of amides is 1. The number of furan rings is 1. The summed E-state index contributed by atoms with van der Waals surface area (Å²) in [6, 6.07) is 13.2. The minimum absolute atomic E-state index is 0.0497. The van der Waals surface area contributed by atoms with Crippen molar-refractivity contribution in [1.82, 2.24) is 14.5 Å². The molecule has 1 aliphatic carbocycles. The summed E-state index contributed by atoms with van der Waals surface area (Å²) in [5.41, 5.74) is 5.78. The van der Waals surface area contributed by atoms with Crippen LogP contribution in [0.15, 0.2) is 62.7 Å². The number of methoxy groups -OCH3 is 1. The number of nitrogens with one attached hydrogen (secondary N) is 1. The number of H-pyrrole nitrogens is 1. The fourth-order valence-electron chi connectivity index (χ4n) is 3.92. The highest BCUT2D eigenvalue weighted by Gasteiger charge is 2.33. The van der Waals surface area contributed by atoms with E-state index < -0.39 is 11.2 Å². The van der Waals surface area contributed by atoms with Crippen molar-refractivity contribution in [3.05, 3.63) is 80.9 Å². The van der Waals surface area contributed by atoms with Gasteiger partial charge in [0, 0.05) is 19.7 Å². The zero-order valence-electron chi connectivity index (χ0n) is 19.1. The number of aromatic nitrogens is 2. The molecule has 0 radical (unpaired) electrons. The third kappa shape index (κ3) is 5.46. The van der Waals surface area contributed by atoms with Crippen LogP contribution >= 0.6 is 0 Å². The molecule has 2 heterocycles. The van der Waals surface area contributed by atoms with E-state index in [1.54, 1.807) is 6.26 Å². The number of anilines is 2. The van der Waals surface area contributed by atoms with Gasteiger partial charge in [-0.25, -0.2) is 4.79 Å². The summed E-state index contributed by atoms with van der Waals surface area (Å²) in [7, 11) is 1.51. The number of nitrogens with two attached hydrogens (primary N) is 1. The largest absolute Gasteiger partial charge is 0.468 e. The van der Waals surface area contributed by atoms with Crippen LogP contribution in [0.25, 0.3) is 0 Å². The summed E-state index contributed by atoms with van der Waals surface area (Å²) >= 11 is 0. The predicted molar refractivity (Wildman–Crippen MR) is 128 cm³/mol. The maximum atomic E-state index is 13.5. The monoisotopic (exact) mass is 467 g/mol. The van der Waals surface area contributed by atoms with Crippen LogP contribution in [0.3, 0.4) is 0 Å². The van der Waals surface area contributed by atoms with E-state index in [2.05, 4.69) is 4.98 Å². The molecule has 180 valence electrons. The summed E-state index contributed by atoms with van der Waals surface area (Å²) in [5, 5.41) is 0. The van der Waals surface area contributed by atoms with Crippen LogP contribution in [0.5, 0.6) is 0 Å². The van der Waals surface area contributed by atoms with Crippen molar-refractivity contribution in [2.75, 3.05) is 37.4 Å². The molecule has 1 amide bonds. The maximum absolute atomic E-state index is 13.5. The number of nitrogens with zero attached hydrogens (tertiary/aromatic N) is 3. The van der Waals surface area contributed by atoms with Crippen molar-refractivity contribution < 1.29 is 13.9 Å². The quantitative estimate of drug-likeness (QED) is 0.436. The molecule has 0 bridgehead atoms. The molecule has 2 aromatic heterocycles. The third-order valence-corrected chi connectivity index (χ3v) is 5.83. The highest BCUT2D eigenvalue weighted by atomic mass is 16.5. The van der Waals surface area contributed by atoms with Crippen molar-refractivity contribution in [2.24, 2.45) is 0 Å². The van der Waals surface area contributed by atoms with Gasteiger partial charge in [0.25, 0.3) is 5.56 Å². The van der Waals surface area contributed by atoms with Gasteiger partial charge in [-0.3, -0.25) is 24.0 Å². The molecule has 4 rings (SSSR count). The van der Waals surface area contributed by atoms with Crippen molar-refractivity contribution in [1.29, 1.82) is 0 Å². The Bertz CT molecular complexity index is 1210. The van der Waals surface area contributed by atoms with Crippen molar-refractivity contribution in [2.45, 2.75) is 32.0 Å². The number of carbonyl (C=O) groups is 1. The van der Waals surface area contributed by atoms with Crippen molar-refractivity contribution in [3.8, 4) is 0 Å². The molecule has 3 aromatic rings. The van der Waals surface area contributed by atoms with Crippen LogP contribution in [0.4, 0.5) is 11.5 Å². The first kappa shape index (κ1) is 23.5. The maximum Gasteiger partial charge on any atom is 0.330 e. The average molecular weight is 468 g/mol. The lowest BCUT2D eigenvalue weighted by Gasteiger charge is -2.28. The molecule has 3 N–H and O–H groups in total. The van der Waals surface area contributed by atoms with Crippen LogP contribution in [0.2, 0.25) is 0 Å². The molecule has 0 spiro atoms. The van der Waals surface area contributed by atoms with Crippen LogP contribution in [0.1, 0.15) is 24.2 Å². The summed E-state index contributed by atoms with van der Waals surface area (Å²) in [4.78, 5) is 44.6. The zero-order valence-corrected chi connectivity index (χ0v) is 19.1. The normalized spacial score (nSPS) is 13.4. The molecule has 10 nitrogen and oxygen atoms in total. The van der Waals surface area contributed by atoms with Crippen molar-refractivity contribution >= 4 is 17.4 Å². The van der Waals surface area contributed by atoms with Gasteiger partial charge in [-0.2, -0.15) is 0 Å². The van der Waals surface area contributed by atoms with E-state index in [0.717, 1.165) is 24.2 Å². The van der Waals surface area contributed by atoms with E-state index in [1.807, 2.05) is 47.4 Å². The van der Waals surface area contributed by atoms with Crippen molar-refractivity contribution in [3.63, 3.8) is 0 Å². The highest BCUT2D eigenvalue weighted by Crippen LogP contribution is 2.29. The van der Waals surface area contributed by atoms with Gasteiger partial charge in [0.15, 0.2) is 5.69 Å². The first-order valence-corrected chi connectivity index (χ1v) is 11.2. The smallest absolute Gasteiger partial charge is 0.330 e. The van der Waals surface area contributed by atoms with E-state index in [9.17, 15) is 14.4 Å². The lowest BCUT2D eigenvalue weighted by atomic mass is 10.2. The number of carbonyl (C=O) groups excluding carboxylic acids is 1. The molecular formula is C24H29N5O5. The van der Waals surface area contributed by atoms with Gasteiger partial charge in [0.1, 0.15) is 11.6 Å². The van der Waals surface area contributed by atoms with Gasteiger partial charge in [-0.1, -0.05) is 30.3 Å². The molecule has 0 aliphatic heterocycles. The number of ether oxygens (including phenoxy) is 1. The van der Waals surface area contributed by atoms with Gasteiger partial charge < -0.3 is 19.8 Å². The summed E-state index contributed by atoms with van der Waals surface area (Å²) < 4.78 is 11.9. The first-order chi connectivity index (χ1) is 16.5. The zero-order chi connectivity index (χ0) is 24.1. The number of rotatable bonds is 11. The van der Waals surface area contributed by atoms with Gasteiger partial charge in [0.2, 0.25) is 5.91 Å². The average Bonchev–Trinajstić information content (AvgIpc) is 3.55. The van der Waals surface area contributed by atoms with E-state index in [-0.39, 0.29) is 49.7 Å². The van der Waals surface area contributed by atoms with Gasteiger partial charge in [-0.15, -0.1) is 0 Å². The molecule has 34 heavy (non-hydrogen) atoms. The highest BCUT2D eigenvalue weighted by molar-refractivity contribution is 5.96. The fraction of sp³-hybridized carbons (Fsp3) is 0.375.